The number of thioether (sulfide) groups is 1. The Hall–Kier alpha value is -0.180. The van der Waals surface area contributed by atoms with Crippen LogP contribution in [0.1, 0.15) is 19.4 Å². The molecule has 0 bridgehead atoms. The van der Waals surface area contributed by atoms with Gasteiger partial charge in [0.1, 0.15) is 0 Å². The van der Waals surface area contributed by atoms with Crippen LogP contribution in [-0.4, -0.2) is 10.4 Å². The summed E-state index contributed by atoms with van der Waals surface area (Å²) in [6.45, 7) is 4.24. The van der Waals surface area contributed by atoms with Crippen molar-refractivity contribution in [3.05, 3.63) is 28.8 Å². The lowest BCUT2D eigenvalue weighted by atomic mass is 10.2. The van der Waals surface area contributed by atoms with Gasteiger partial charge in [-0.05, 0) is 12.1 Å². The lowest BCUT2D eigenvalue weighted by molar-refractivity contribution is 0.279. The summed E-state index contributed by atoms with van der Waals surface area (Å²) in [7, 11) is 0. The Balaban J connectivity index is 2.98. The molecule has 0 unspecified atom stereocenters. The molecule has 0 saturated heterocycles. The number of benzene rings is 1. The molecule has 3 heteroatoms. The van der Waals surface area contributed by atoms with E-state index in [9.17, 15) is 0 Å². The van der Waals surface area contributed by atoms with Crippen LogP contribution in [0.2, 0.25) is 5.02 Å². The van der Waals surface area contributed by atoms with E-state index in [1.165, 1.54) is 0 Å². The quantitative estimate of drug-likeness (QED) is 0.783. The molecule has 1 aromatic carbocycles. The number of rotatable bonds is 3. The highest BCUT2D eigenvalue weighted by Crippen LogP contribution is 2.30. The summed E-state index contributed by atoms with van der Waals surface area (Å²) in [5, 5.41) is 10.3. The fourth-order valence-corrected chi connectivity index (χ4v) is 2.33. The molecule has 1 aromatic rings. The van der Waals surface area contributed by atoms with Gasteiger partial charge in [-0.3, -0.25) is 0 Å². The van der Waals surface area contributed by atoms with E-state index in [1.807, 2.05) is 12.1 Å². The molecule has 0 heterocycles. The second kappa shape index (κ2) is 4.89. The first-order valence-electron chi connectivity index (χ1n) is 4.20. The maximum Gasteiger partial charge on any atom is 0.0707 e. The van der Waals surface area contributed by atoms with E-state index in [1.54, 1.807) is 17.8 Å². The number of halogens is 1. The molecule has 72 valence electrons. The van der Waals surface area contributed by atoms with Crippen LogP contribution < -0.4 is 0 Å². The first-order chi connectivity index (χ1) is 6.15. The number of hydrogen-bond donors (Lipinski definition) is 1. The monoisotopic (exact) mass is 216 g/mol. The second-order valence-corrected chi connectivity index (χ2v) is 5.07. The SMILES string of the molecule is CC(C)Sc1cccc(Cl)c1CO. The molecule has 0 aliphatic carbocycles. The molecule has 13 heavy (non-hydrogen) atoms. The van der Waals surface area contributed by atoms with Gasteiger partial charge < -0.3 is 5.11 Å². The lowest BCUT2D eigenvalue weighted by Crippen LogP contribution is -1.93. The Kier molecular flexibility index (Phi) is 4.10. The minimum Gasteiger partial charge on any atom is -0.392 e. The van der Waals surface area contributed by atoms with Gasteiger partial charge in [-0.1, -0.05) is 31.5 Å². The van der Waals surface area contributed by atoms with Gasteiger partial charge in [0.2, 0.25) is 0 Å². The highest BCUT2D eigenvalue weighted by molar-refractivity contribution is 8.00. The van der Waals surface area contributed by atoms with Crippen molar-refractivity contribution in [3.63, 3.8) is 0 Å². The van der Waals surface area contributed by atoms with E-state index in [0.717, 1.165) is 10.5 Å². The average Bonchev–Trinajstić information content (AvgIpc) is 2.03. The third kappa shape index (κ3) is 2.90. The molecular formula is C10H13ClOS. The molecule has 0 radical (unpaired) electrons. The maximum absolute atomic E-state index is 9.11. The van der Waals surface area contributed by atoms with Crippen LogP contribution >= 0.6 is 23.4 Å². The van der Waals surface area contributed by atoms with E-state index in [4.69, 9.17) is 16.7 Å². The van der Waals surface area contributed by atoms with Crippen LogP contribution in [0.15, 0.2) is 23.1 Å². The summed E-state index contributed by atoms with van der Waals surface area (Å²) in [4.78, 5) is 1.07. The summed E-state index contributed by atoms with van der Waals surface area (Å²) >= 11 is 7.66. The summed E-state index contributed by atoms with van der Waals surface area (Å²) in [5.41, 5.74) is 0.836. The van der Waals surface area contributed by atoms with E-state index >= 15 is 0 Å². The standard InChI is InChI=1S/C10H13ClOS/c1-7(2)13-10-5-3-4-9(11)8(10)6-12/h3-5,7,12H,6H2,1-2H3. The number of aliphatic hydroxyl groups excluding tert-OH is 1. The van der Waals surface area contributed by atoms with Gasteiger partial charge in [0.05, 0.1) is 6.61 Å². The maximum atomic E-state index is 9.11. The molecule has 0 aliphatic rings. The molecule has 0 fully saturated rings. The Morgan fingerprint density at radius 1 is 1.46 bits per heavy atom. The van der Waals surface area contributed by atoms with E-state index in [-0.39, 0.29) is 6.61 Å². The fraction of sp³-hybridized carbons (Fsp3) is 0.400. The predicted octanol–water partition coefficient (Wildman–Crippen LogP) is 3.33. The van der Waals surface area contributed by atoms with Crippen molar-refractivity contribution < 1.29 is 5.11 Å². The van der Waals surface area contributed by atoms with Gasteiger partial charge in [0, 0.05) is 20.7 Å². The van der Waals surface area contributed by atoms with Gasteiger partial charge in [-0.15, -0.1) is 11.8 Å². The zero-order valence-corrected chi connectivity index (χ0v) is 9.32. The second-order valence-electron chi connectivity index (χ2n) is 3.04. The van der Waals surface area contributed by atoms with Crippen molar-refractivity contribution in [2.45, 2.75) is 30.6 Å². The topological polar surface area (TPSA) is 20.2 Å². The van der Waals surface area contributed by atoms with Gasteiger partial charge in [-0.2, -0.15) is 0 Å². The van der Waals surface area contributed by atoms with Crippen LogP contribution in [0, 0.1) is 0 Å². The van der Waals surface area contributed by atoms with Crippen LogP contribution in [-0.2, 0) is 6.61 Å². The molecule has 1 N–H and O–H groups in total. The first-order valence-corrected chi connectivity index (χ1v) is 5.45. The summed E-state index contributed by atoms with van der Waals surface area (Å²) in [6, 6.07) is 5.70. The van der Waals surface area contributed by atoms with E-state index < -0.39 is 0 Å². The van der Waals surface area contributed by atoms with E-state index in [2.05, 4.69) is 13.8 Å². The highest BCUT2D eigenvalue weighted by Gasteiger charge is 2.07. The molecular weight excluding hydrogens is 204 g/mol. The number of aliphatic hydroxyl groups is 1. The third-order valence-corrected chi connectivity index (χ3v) is 3.06. The van der Waals surface area contributed by atoms with E-state index in [0.29, 0.717) is 10.3 Å². The summed E-state index contributed by atoms with van der Waals surface area (Å²) < 4.78 is 0. The van der Waals surface area contributed by atoms with Gasteiger partial charge >= 0.3 is 0 Å². The summed E-state index contributed by atoms with van der Waals surface area (Å²) in [6.07, 6.45) is 0. The van der Waals surface area contributed by atoms with Gasteiger partial charge in [0.25, 0.3) is 0 Å². The molecule has 0 aromatic heterocycles. The van der Waals surface area contributed by atoms with Gasteiger partial charge in [-0.25, -0.2) is 0 Å². The zero-order valence-electron chi connectivity index (χ0n) is 7.75. The minimum absolute atomic E-state index is 0.00866. The van der Waals surface area contributed by atoms with Crippen molar-refractivity contribution in [1.82, 2.24) is 0 Å². The number of hydrogen-bond acceptors (Lipinski definition) is 2. The Morgan fingerprint density at radius 3 is 2.69 bits per heavy atom. The molecule has 1 rings (SSSR count). The Morgan fingerprint density at radius 2 is 2.15 bits per heavy atom. The molecule has 0 atom stereocenters. The van der Waals surface area contributed by atoms with Crippen molar-refractivity contribution in [1.29, 1.82) is 0 Å². The van der Waals surface area contributed by atoms with Crippen molar-refractivity contribution in [2.75, 3.05) is 0 Å². The Bertz CT molecular complexity index is 286. The summed E-state index contributed by atoms with van der Waals surface area (Å²) in [5.74, 6) is 0. The minimum atomic E-state index is 0.00866. The van der Waals surface area contributed by atoms with Crippen LogP contribution in [0.3, 0.4) is 0 Å². The smallest absolute Gasteiger partial charge is 0.0707 e. The fourth-order valence-electron chi connectivity index (χ4n) is 1.06. The van der Waals surface area contributed by atoms with Crippen molar-refractivity contribution in [2.24, 2.45) is 0 Å². The Labute approximate surface area is 88.1 Å². The molecule has 0 saturated carbocycles. The molecule has 0 amide bonds. The molecule has 0 spiro atoms. The predicted molar refractivity (Wildman–Crippen MR) is 58.4 cm³/mol. The van der Waals surface area contributed by atoms with Crippen LogP contribution in [0.4, 0.5) is 0 Å². The molecule has 0 aliphatic heterocycles. The van der Waals surface area contributed by atoms with Gasteiger partial charge in [0.15, 0.2) is 0 Å². The molecule has 1 nitrogen and oxygen atoms in total. The first kappa shape index (κ1) is 10.9. The van der Waals surface area contributed by atoms with Crippen LogP contribution in [0.5, 0.6) is 0 Å². The highest BCUT2D eigenvalue weighted by atomic mass is 35.5. The van der Waals surface area contributed by atoms with Crippen molar-refractivity contribution in [3.8, 4) is 0 Å². The van der Waals surface area contributed by atoms with Crippen LogP contribution in [0.25, 0.3) is 0 Å². The largest absolute Gasteiger partial charge is 0.392 e. The lowest BCUT2D eigenvalue weighted by Gasteiger charge is -2.10. The van der Waals surface area contributed by atoms with Crippen molar-refractivity contribution >= 4 is 23.4 Å². The third-order valence-electron chi connectivity index (χ3n) is 1.60. The zero-order chi connectivity index (χ0) is 9.84. The normalized spacial score (nSPS) is 10.8. The average molecular weight is 217 g/mol.